The molecular formula is C12H16F2N2O. The minimum Gasteiger partial charge on any atom is -0.395 e. The summed E-state index contributed by atoms with van der Waals surface area (Å²) in [6.07, 6.45) is 1.83. The number of hydrogen-bond acceptors (Lipinski definition) is 3. The van der Waals surface area contributed by atoms with Gasteiger partial charge in [-0.05, 0) is 30.5 Å². The van der Waals surface area contributed by atoms with E-state index in [1.54, 1.807) is 4.90 Å². The fraction of sp³-hybridized carbons (Fsp3) is 0.500. The second kappa shape index (κ2) is 4.98. The summed E-state index contributed by atoms with van der Waals surface area (Å²) in [6, 6.07) is 2.66. The molecule has 17 heavy (non-hydrogen) atoms. The topological polar surface area (TPSA) is 49.5 Å². The van der Waals surface area contributed by atoms with Gasteiger partial charge in [-0.25, -0.2) is 8.78 Å². The number of halogens is 2. The lowest BCUT2D eigenvalue weighted by molar-refractivity contribution is 0.300. The van der Waals surface area contributed by atoms with E-state index >= 15 is 0 Å². The Morgan fingerprint density at radius 1 is 1.29 bits per heavy atom. The number of nitrogens with two attached hydrogens (primary N) is 1. The van der Waals surface area contributed by atoms with Gasteiger partial charge >= 0.3 is 0 Å². The summed E-state index contributed by atoms with van der Waals surface area (Å²) >= 11 is 0. The molecule has 0 spiro atoms. The van der Waals surface area contributed by atoms with Crippen molar-refractivity contribution in [1.29, 1.82) is 0 Å². The quantitative estimate of drug-likeness (QED) is 0.820. The van der Waals surface area contributed by atoms with Gasteiger partial charge in [0.25, 0.3) is 0 Å². The lowest BCUT2D eigenvalue weighted by Gasteiger charge is -2.25. The van der Waals surface area contributed by atoms with Gasteiger partial charge in [0.1, 0.15) is 17.3 Å². The van der Waals surface area contributed by atoms with Crippen LogP contribution in [0.4, 0.5) is 14.5 Å². The maximum atomic E-state index is 13.8. The summed E-state index contributed by atoms with van der Waals surface area (Å²) in [5.41, 5.74) is 5.75. The highest BCUT2D eigenvalue weighted by Crippen LogP contribution is 2.34. The van der Waals surface area contributed by atoms with Crippen LogP contribution in [-0.4, -0.2) is 24.3 Å². The van der Waals surface area contributed by atoms with Gasteiger partial charge in [0, 0.05) is 19.1 Å². The van der Waals surface area contributed by atoms with Crippen LogP contribution in [0.15, 0.2) is 12.1 Å². The number of rotatable bonds is 5. The molecule has 0 aromatic heterocycles. The first-order valence-corrected chi connectivity index (χ1v) is 5.73. The molecule has 3 nitrogen and oxygen atoms in total. The largest absolute Gasteiger partial charge is 0.395 e. The van der Waals surface area contributed by atoms with Gasteiger partial charge < -0.3 is 15.7 Å². The summed E-state index contributed by atoms with van der Waals surface area (Å²) in [5, 5.41) is 8.95. The van der Waals surface area contributed by atoms with Crippen molar-refractivity contribution in [2.75, 3.05) is 18.1 Å². The van der Waals surface area contributed by atoms with Crippen LogP contribution in [-0.2, 0) is 6.54 Å². The molecule has 94 valence electrons. The van der Waals surface area contributed by atoms with Gasteiger partial charge in [0.05, 0.1) is 6.61 Å². The average molecular weight is 242 g/mol. The Morgan fingerprint density at radius 3 is 2.29 bits per heavy atom. The van der Waals surface area contributed by atoms with Crippen molar-refractivity contribution >= 4 is 5.69 Å². The summed E-state index contributed by atoms with van der Waals surface area (Å²) in [4.78, 5) is 1.60. The Kier molecular flexibility index (Phi) is 3.59. The number of aliphatic hydroxyl groups is 1. The smallest absolute Gasteiger partial charge is 0.149 e. The molecule has 0 aliphatic heterocycles. The molecule has 1 aliphatic carbocycles. The molecule has 0 amide bonds. The Bertz CT molecular complexity index is 384. The molecule has 0 atom stereocenters. The van der Waals surface area contributed by atoms with Crippen molar-refractivity contribution in [3.8, 4) is 0 Å². The van der Waals surface area contributed by atoms with Crippen molar-refractivity contribution in [3.63, 3.8) is 0 Å². The lowest BCUT2D eigenvalue weighted by atomic mass is 10.1. The predicted octanol–water partition coefficient (Wildman–Crippen LogP) is 1.38. The van der Waals surface area contributed by atoms with E-state index in [0.29, 0.717) is 5.56 Å². The summed E-state index contributed by atoms with van der Waals surface area (Å²) in [7, 11) is 0. The minimum absolute atomic E-state index is 0.0428. The van der Waals surface area contributed by atoms with E-state index < -0.39 is 11.6 Å². The maximum absolute atomic E-state index is 13.8. The highest BCUT2D eigenvalue weighted by atomic mass is 19.1. The highest BCUT2D eigenvalue weighted by Gasteiger charge is 2.32. The van der Waals surface area contributed by atoms with Gasteiger partial charge in [-0.2, -0.15) is 0 Å². The zero-order chi connectivity index (χ0) is 12.4. The fourth-order valence-corrected chi connectivity index (χ4v) is 1.98. The second-order valence-electron chi connectivity index (χ2n) is 4.26. The van der Waals surface area contributed by atoms with Crippen LogP contribution in [0.5, 0.6) is 0 Å². The Hall–Kier alpha value is -1.20. The summed E-state index contributed by atoms with van der Waals surface area (Å²) in [5.74, 6) is -1.21. The van der Waals surface area contributed by atoms with Crippen molar-refractivity contribution in [3.05, 3.63) is 29.3 Å². The molecule has 1 aliphatic rings. The Labute approximate surface area is 98.8 Å². The lowest BCUT2D eigenvalue weighted by Crippen LogP contribution is -2.30. The molecular weight excluding hydrogens is 226 g/mol. The Balaban J connectivity index is 2.35. The van der Waals surface area contributed by atoms with Crippen molar-refractivity contribution in [2.45, 2.75) is 25.4 Å². The zero-order valence-corrected chi connectivity index (χ0v) is 9.50. The van der Waals surface area contributed by atoms with E-state index in [1.165, 1.54) is 12.1 Å². The fourth-order valence-electron chi connectivity index (χ4n) is 1.98. The van der Waals surface area contributed by atoms with Crippen molar-refractivity contribution in [1.82, 2.24) is 0 Å². The molecule has 1 aromatic rings. The van der Waals surface area contributed by atoms with Crippen molar-refractivity contribution in [2.24, 2.45) is 5.73 Å². The molecule has 0 unspecified atom stereocenters. The number of anilines is 1. The maximum Gasteiger partial charge on any atom is 0.149 e. The average Bonchev–Trinajstić information content (AvgIpc) is 3.10. The number of benzene rings is 1. The van der Waals surface area contributed by atoms with Gasteiger partial charge in [-0.1, -0.05) is 0 Å². The van der Waals surface area contributed by atoms with E-state index in [9.17, 15) is 8.78 Å². The molecule has 0 heterocycles. The molecule has 5 heteroatoms. The van der Waals surface area contributed by atoms with Crippen LogP contribution in [0.1, 0.15) is 18.4 Å². The van der Waals surface area contributed by atoms with Crippen molar-refractivity contribution < 1.29 is 13.9 Å². The first-order chi connectivity index (χ1) is 8.17. The van der Waals surface area contributed by atoms with Crippen LogP contribution in [0.25, 0.3) is 0 Å². The first-order valence-electron chi connectivity index (χ1n) is 5.73. The van der Waals surface area contributed by atoms with Gasteiger partial charge in [0.2, 0.25) is 0 Å². The molecule has 1 aromatic carbocycles. The molecule has 0 bridgehead atoms. The van der Waals surface area contributed by atoms with Gasteiger partial charge in [-0.15, -0.1) is 0 Å². The van der Waals surface area contributed by atoms with Gasteiger partial charge in [0.15, 0.2) is 0 Å². The second-order valence-corrected chi connectivity index (χ2v) is 4.26. The Morgan fingerprint density at radius 2 is 1.88 bits per heavy atom. The van der Waals surface area contributed by atoms with Crippen LogP contribution in [0, 0.1) is 11.6 Å². The zero-order valence-electron chi connectivity index (χ0n) is 9.50. The molecule has 2 rings (SSSR count). The molecule has 0 saturated heterocycles. The molecule has 0 radical (unpaired) electrons. The third-order valence-electron chi connectivity index (χ3n) is 2.93. The third-order valence-corrected chi connectivity index (χ3v) is 2.93. The number of hydrogen-bond donors (Lipinski definition) is 2. The molecule has 3 N–H and O–H groups in total. The van der Waals surface area contributed by atoms with Gasteiger partial charge in [-0.3, -0.25) is 0 Å². The van der Waals surface area contributed by atoms with Crippen LogP contribution in [0.3, 0.4) is 0 Å². The minimum atomic E-state index is -0.606. The van der Waals surface area contributed by atoms with Crippen LogP contribution >= 0.6 is 0 Å². The number of nitrogens with zero attached hydrogens (tertiary/aromatic N) is 1. The SMILES string of the molecule is NCc1cc(F)c(N(CCO)C2CC2)c(F)c1. The van der Waals surface area contributed by atoms with E-state index in [2.05, 4.69) is 0 Å². The first kappa shape index (κ1) is 12.3. The van der Waals surface area contributed by atoms with E-state index in [-0.39, 0.29) is 31.4 Å². The summed E-state index contributed by atoms with van der Waals surface area (Å²) in [6.45, 7) is 0.242. The van der Waals surface area contributed by atoms with Crippen LogP contribution < -0.4 is 10.6 Å². The van der Waals surface area contributed by atoms with Crippen LogP contribution in [0.2, 0.25) is 0 Å². The van der Waals surface area contributed by atoms with E-state index in [0.717, 1.165) is 12.8 Å². The molecule has 1 saturated carbocycles. The highest BCUT2D eigenvalue weighted by molar-refractivity contribution is 5.52. The predicted molar refractivity (Wildman–Crippen MR) is 61.7 cm³/mol. The summed E-state index contributed by atoms with van der Waals surface area (Å²) < 4.78 is 27.7. The van der Waals surface area contributed by atoms with E-state index in [4.69, 9.17) is 10.8 Å². The molecule has 1 fully saturated rings. The number of aliphatic hydroxyl groups excluding tert-OH is 1. The monoisotopic (exact) mass is 242 g/mol. The van der Waals surface area contributed by atoms with E-state index in [1.807, 2.05) is 0 Å². The third kappa shape index (κ3) is 2.56. The standard InChI is InChI=1S/C12H16F2N2O/c13-10-5-8(7-15)6-11(14)12(10)16(3-4-17)9-1-2-9/h5-6,9,17H,1-4,7,15H2. The normalized spacial score (nSPS) is 15.1.